The number of imide groups is 1. The van der Waals surface area contributed by atoms with Crippen LogP contribution in [-0.4, -0.2) is 42.5 Å². The van der Waals surface area contributed by atoms with Crippen LogP contribution in [0.15, 0.2) is 0 Å². The van der Waals surface area contributed by atoms with Crippen LogP contribution in [-0.2, 0) is 4.79 Å². The van der Waals surface area contributed by atoms with Crippen LogP contribution in [0.3, 0.4) is 0 Å². The van der Waals surface area contributed by atoms with Crippen molar-refractivity contribution in [1.82, 2.24) is 15.5 Å². The topological polar surface area (TPSA) is 61.4 Å². The number of nitrogens with zero attached hydrogens (tertiary/aromatic N) is 1. The van der Waals surface area contributed by atoms with Crippen LogP contribution in [0.4, 0.5) is 4.79 Å². The molecule has 0 bridgehead atoms. The van der Waals surface area contributed by atoms with Gasteiger partial charge < -0.3 is 5.32 Å². The molecule has 0 aliphatic carbocycles. The van der Waals surface area contributed by atoms with Gasteiger partial charge in [-0.3, -0.25) is 15.0 Å². The molecule has 1 atom stereocenters. The molecule has 1 rings (SSSR count). The molecule has 3 amide bonds. The van der Waals surface area contributed by atoms with Crippen molar-refractivity contribution in [3.8, 4) is 0 Å². The normalized spacial score (nSPS) is 20.8. The lowest BCUT2D eigenvalue weighted by Crippen LogP contribution is -2.48. The molecular formula is C13H25N3O2. The van der Waals surface area contributed by atoms with Crippen molar-refractivity contribution < 1.29 is 9.59 Å². The van der Waals surface area contributed by atoms with Crippen LogP contribution in [0.1, 0.15) is 40.0 Å². The summed E-state index contributed by atoms with van der Waals surface area (Å²) in [7, 11) is 0. The number of piperidine rings is 1. The fourth-order valence-electron chi connectivity index (χ4n) is 2.08. The highest BCUT2D eigenvalue weighted by molar-refractivity contribution is 5.95. The number of amides is 3. The molecule has 0 aromatic carbocycles. The molecule has 0 spiro atoms. The molecule has 1 heterocycles. The predicted octanol–water partition coefficient (Wildman–Crippen LogP) is 1.34. The minimum atomic E-state index is -0.390. The van der Waals surface area contributed by atoms with E-state index in [1.165, 1.54) is 6.42 Å². The summed E-state index contributed by atoms with van der Waals surface area (Å²) < 4.78 is 0. The Morgan fingerprint density at radius 2 is 2.06 bits per heavy atom. The first-order chi connectivity index (χ1) is 8.49. The summed E-state index contributed by atoms with van der Waals surface area (Å²) in [4.78, 5) is 25.3. The Balaban J connectivity index is 2.25. The van der Waals surface area contributed by atoms with Gasteiger partial charge in [0.05, 0.1) is 6.54 Å². The van der Waals surface area contributed by atoms with Gasteiger partial charge in [-0.15, -0.1) is 0 Å². The van der Waals surface area contributed by atoms with Gasteiger partial charge in [0.15, 0.2) is 0 Å². The molecule has 0 aromatic rings. The number of urea groups is 1. The van der Waals surface area contributed by atoms with Gasteiger partial charge in [-0.2, -0.15) is 0 Å². The van der Waals surface area contributed by atoms with Crippen LogP contribution >= 0.6 is 0 Å². The molecule has 0 radical (unpaired) electrons. The van der Waals surface area contributed by atoms with Gasteiger partial charge in [-0.1, -0.05) is 20.3 Å². The first kappa shape index (κ1) is 15.0. The van der Waals surface area contributed by atoms with E-state index in [9.17, 15) is 9.59 Å². The number of likely N-dealkylation sites (tertiary alicyclic amines) is 1. The average molecular weight is 255 g/mol. The Labute approximate surface area is 109 Å². The lowest BCUT2D eigenvalue weighted by molar-refractivity contribution is -0.122. The maximum absolute atomic E-state index is 11.7. The molecular weight excluding hydrogens is 230 g/mol. The summed E-state index contributed by atoms with van der Waals surface area (Å²) in [6.07, 6.45) is 3.50. The standard InChI is InChI=1S/C13H25N3O2/c1-10(2)8-14-13(18)15-12(17)9-16-7-5-4-6-11(16)3/h10-11H,4-9H2,1-3H3,(H2,14,15,17,18)/t11-/m1/s1. The van der Waals surface area contributed by atoms with Gasteiger partial charge >= 0.3 is 6.03 Å². The predicted molar refractivity (Wildman–Crippen MR) is 71.3 cm³/mol. The molecule has 1 aliphatic heterocycles. The highest BCUT2D eigenvalue weighted by Gasteiger charge is 2.21. The molecule has 0 saturated carbocycles. The molecule has 5 nitrogen and oxygen atoms in total. The fraction of sp³-hybridized carbons (Fsp3) is 0.846. The zero-order valence-corrected chi connectivity index (χ0v) is 11.7. The third-order valence-corrected chi connectivity index (χ3v) is 3.21. The number of carbonyl (C=O) groups excluding carboxylic acids is 2. The maximum Gasteiger partial charge on any atom is 0.321 e. The van der Waals surface area contributed by atoms with Crippen LogP contribution in [0.2, 0.25) is 0 Å². The Bertz CT molecular complexity index is 292. The number of hydrogen-bond acceptors (Lipinski definition) is 3. The summed E-state index contributed by atoms with van der Waals surface area (Å²) in [5, 5.41) is 5.04. The van der Waals surface area contributed by atoms with Crippen molar-refractivity contribution >= 4 is 11.9 Å². The number of nitrogens with one attached hydrogen (secondary N) is 2. The maximum atomic E-state index is 11.7. The molecule has 18 heavy (non-hydrogen) atoms. The highest BCUT2D eigenvalue weighted by Crippen LogP contribution is 2.15. The van der Waals surface area contributed by atoms with Crippen molar-refractivity contribution in [2.45, 2.75) is 46.1 Å². The first-order valence-electron chi connectivity index (χ1n) is 6.80. The Kier molecular flexibility index (Phi) is 6.12. The number of carbonyl (C=O) groups is 2. The molecule has 1 aliphatic rings. The highest BCUT2D eigenvalue weighted by atomic mass is 16.2. The smallest absolute Gasteiger partial charge is 0.321 e. The lowest BCUT2D eigenvalue weighted by Gasteiger charge is -2.32. The second kappa shape index (κ2) is 7.36. The summed E-state index contributed by atoms with van der Waals surface area (Å²) in [6.45, 7) is 8.00. The van der Waals surface area contributed by atoms with E-state index < -0.39 is 6.03 Å². The summed E-state index contributed by atoms with van der Waals surface area (Å²) in [5.74, 6) is 0.165. The van der Waals surface area contributed by atoms with Crippen LogP contribution in [0, 0.1) is 5.92 Å². The molecule has 1 fully saturated rings. The number of rotatable bonds is 4. The largest absolute Gasteiger partial charge is 0.338 e. The van der Waals surface area contributed by atoms with Crippen molar-refractivity contribution in [3.05, 3.63) is 0 Å². The van der Waals surface area contributed by atoms with Crippen LogP contribution in [0.5, 0.6) is 0 Å². The minimum Gasteiger partial charge on any atom is -0.338 e. The van der Waals surface area contributed by atoms with E-state index in [4.69, 9.17) is 0 Å². The molecule has 1 saturated heterocycles. The van der Waals surface area contributed by atoms with Gasteiger partial charge in [0.1, 0.15) is 0 Å². The average Bonchev–Trinajstić information content (AvgIpc) is 2.29. The monoisotopic (exact) mass is 255 g/mol. The van der Waals surface area contributed by atoms with Gasteiger partial charge in [-0.05, 0) is 32.2 Å². The number of hydrogen-bond donors (Lipinski definition) is 2. The molecule has 0 unspecified atom stereocenters. The second-order valence-corrected chi connectivity index (χ2v) is 5.47. The van der Waals surface area contributed by atoms with Gasteiger partial charge in [0, 0.05) is 12.6 Å². The lowest BCUT2D eigenvalue weighted by atomic mass is 10.0. The third-order valence-electron chi connectivity index (χ3n) is 3.21. The SMILES string of the molecule is CC(C)CNC(=O)NC(=O)CN1CCCC[C@H]1C. The fourth-order valence-corrected chi connectivity index (χ4v) is 2.08. The van der Waals surface area contributed by atoms with E-state index in [1.807, 2.05) is 13.8 Å². The van der Waals surface area contributed by atoms with E-state index in [2.05, 4.69) is 22.5 Å². The van der Waals surface area contributed by atoms with Crippen molar-refractivity contribution in [2.24, 2.45) is 5.92 Å². The van der Waals surface area contributed by atoms with Crippen LogP contribution in [0.25, 0.3) is 0 Å². The second-order valence-electron chi connectivity index (χ2n) is 5.47. The first-order valence-corrected chi connectivity index (χ1v) is 6.80. The van der Waals surface area contributed by atoms with Crippen molar-refractivity contribution in [3.63, 3.8) is 0 Å². The Hall–Kier alpha value is -1.10. The summed E-state index contributed by atoms with van der Waals surface area (Å²) in [5.41, 5.74) is 0. The van der Waals surface area contributed by atoms with E-state index in [0.29, 0.717) is 25.0 Å². The minimum absolute atomic E-state index is 0.218. The third kappa shape index (κ3) is 5.49. The van der Waals surface area contributed by atoms with Crippen LogP contribution < -0.4 is 10.6 Å². The summed E-state index contributed by atoms with van der Waals surface area (Å²) >= 11 is 0. The van der Waals surface area contributed by atoms with E-state index in [-0.39, 0.29) is 5.91 Å². The van der Waals surface area contributed by atoms with Gasteiger partial charge in [-0.25, -0.2) is 4.79 Å². The zero-order chi connectivity index (χ0) is 13.5. The van der Waals surface area contributed by atoms with Crippen molar-refractivity contribution in [1.29, 1.82) is 0 Å². The van der Waals surface area contributed by atoms with E-state index in [1.54, 1.807) is 0 Å². The van der Waals surface area contributed by atoms with Crippen molar-refractivity contribution in [2.75, 3.05) is 19.6 Å². The molecule has 0 aromatic heterocycles. The van der Waals surface area contributed by atoms with E-state index >= 15 is 0 Å². The Morgan fingerprint density at radius 1 is 1.33 bits per heavy atom. The van der Waals surface area contributed by atoms with Gasteiger partial charge in [0.2, 0.25) is 5.91 Å². The van der Waals surface area contributed by atoms with Gasteiger partial charge in [0.25, 0.3) is 0 Å². The quantitative estimate of drug-likeness (QED) is 0.797. The van der Waals surface area contributed by atoms with E-state index in [0.717, 1.165) is 19.4 Å². The molecule has 2 N–H and O–H groups in total. The summed E-state index contributed by atoms with van der Waals surface area (Å²) in [6, 6.07) is 0.0431. The molecule has 104 valence electrons. The zero-order valence-electron chi connectivity index (χ0n) is 11.7. The molecule has 5 heteroatoms. The Morgan fingerprint density at radius 3 is 2.67 bits per heavy atom.